The van der Waals surface area contributed by atoms with Gasteiger partial charge in [-0.15, -0.1) is 0 Å². The minimum Gasteiger partial charge on any atom is -0.489 e. The number of halogens is 1. The molecule has 4 saturated heterocycles. The number of carbonyl (C=O) groups excluding carboxylic acids is 2. The van der Waals surface area contributed by atoms with Gasteiger partial charge in [0.1, 0.15) is 27.5 Å². The molecule has 1 atom stereocenters. The first-order chi connectivity index (χ1) is 30.2. The number of sulfone groups is 1. The van der Waals surface area contributed by atoms with Crippen molar-refractivity contribution in [1.82, 2.24) is 30.1 Å². The van der Waals surface area contributed by atoms with Gasteiger partial charge in [-0.25, -0.2) is 18.4 Å². The number of hydrogen-bond donors (Lipinski definition) is 4. The fraction of sp³-hybridized carbons (Fsp3) is 0.500. The lowest BCUT2D eigenvalue weighted by Gasteiger charge is -2.52. The number of piperidine rings is 3. The van der Waals surface area contributed by atoms with Crippen LogP contribution in [0.5, 0.6) is 5.75 Å². The lowest BCUT2D eigenvalue weighted by atomic mass is 9.85. The molecule has 4 N–H and O–H groups in total. The van der Waals surface area contributed by atoms with Gasteiger partial charge in [0.05, 0.1) is 23.2 Å². The van der Waals surface area contributed by atoms with E-state index >= 15 is 0 Å². The molecule has 4 aromatic rings. The molecule has 4 aliphatic heterocycles. The van der Waals surface area contributed by atoms with Crippen molar-refractivity contribution in [2.24, 2.45) is 0 Å². The molecule has 8 rings (SSSR count). The summed E-state index contributed by atoms with van der Waals surface area (Å²) in [5, 5.41) is 11.6. The maximum absolute atomic E-state index is 13.1. The molecular weight excluding hydrogens is 840 g/mol. The number of hydrogen-bond acceptors (Lipinski definition) is 14. The predicted octanol–water partition coefficient (Wildman–Crippen LogP) is 7.04. The van der Waals surface area contributed by atoms with Crippen molar-refractivity contribution < 1.29 is 22.7 Å². The molecule has 0 aliphatic carbocycles. The Hall–Kier alpha value is -5.03. The number of aryl methyl sites for hydroxylation is 1. The highest BCUT2D eigenvalue weighted by molar-refractivity contribution is 7.92. The first-order valence-electron chi connectivity index (χ1n) is 22.2. The number of carbonyl (C=O) groups is 2. The fourth-order valence-corrected chi connectivity index (χ4v) is 10.5. The first-order valence-corrected chi connectivity index (χ1v) is 24.1. The minimum absolute atomic E-state index is 0.0618. The first kappa shape index (κ1) is 44.6. The topological polar surface area (TPSA) is 174 Å². The molecule has 0 spiro atoms. The Kier molecular flexibility index (Phi) is 13.4. The molecule has 1 unspecified atom stereocenters. The highest BCUT2D eigenvalue weighted by atomic mass is 35.5. The summed E-state index contributed by atoms with van der Waals surface area (Å²) >= 11 is 6.51. The van der Waals surface area contributed by atoms with Gasteiger partial charge in [-0.3, -0.25) is 24.7 Å². The van der Waals surface area contributed by atoms with Crippen LogP contribution >= 0.6 is 11.6 Å². The average molecular weight is 900 g/mol. The molecule has 0 bridgehead atoms. The Morgan fingerprint density at radius 2 is 1.59 bits per heavy atom. The van der Waals surface area contributed by atoms with Gasteiger partial charge in [-0.2, -0.15) is 4.98 Å². The molecule has 17 heteroatoms. The third kappa shape index (κ3) is 10.2. The highest BCUT2D eigenvalue weighted by Crippen LogP contribution is 2.40. The summed E-state index contributed by atoms with van der Waals surface area (Å²) in [5.74, 6) is 1.32. The second-order valence-corrected chi connectivity index (χ2v) is 20.7. The molecule has 15 nitrogen and oxygen atoms in total. The normalized spacial score (nSPS) is 19.9. The molecule has 2 amide bonds. The second kappa shape index (κ2) is 19.0. The lowest BCUT2D eigenvalue weighted by molar-refractivity contribution is -0.133. The maximum atomic E-state index is 13.1. The van der Waals surface area contributed by atoms with Crippen molar-refractivity contribution in [1.29, 1.82) is 0 Å². The van der Waals surface area contributed by atoms with Crippen molar-refractivity contribution in [3.8, 4) is 5.75 Å². The smallest absolute Gasteiger partial charge is 0.249 e. The summed E-state index contributed by atoms with van der Waals surface area (Å²) in [5.41, 5.74) is 5.28. The molecule has 4 fully saturated rings. The molecule has 0 radical (unpaired) electrons. The summed E-state index contributed by atoms with van der Waals surface area (Å²) in [7, 11) is -3.62. The van der Waals surface area contributed by atoms with Gasteiger partial charge in [0.15, 0.2) is 15.7 Å². The van der Waals surface area contributed by atoms with Gasteiger partial charge >= 0.3 is 0 Å². The molecular formula is C46H59ClN10O5S. The molecule has 336 valence electrons. The second-order valence-electron chi connectivity index (χ2n) is 17.8. The third-order valence-corrected chi connectivity index (χ3v) is 15.3. The summed E-state index contributed by atoms with van der Waals surface area (Å²) < 4.78 is 32.5. The van der Waals surface area contributed by atoms with Crippen LogP contribution in [0, 0.1) is 6.92 Å². The van der Waals surface area contributed by atoms with Gasteiger partial charge in [0.2, 0.25) is 17.8 Å². The summed E-state index contributed by atoms with van der Waals surface area (Å²) in [6.45, 7) is 15.9. The van der Waals surface area contributed by atoms with E-state index in [-0.39, 0.29) is 51.5 Å². The monoisotopic (exact) mass is 898 g/mol. The maximum Gasteiger partial charge on any atom is 0.249 e. The molecule has 6 heterocycles. The summed E-state index contributed by atoms with van der Waals surface area (Å²) in [6.07, 6.45) is 8.26. The zero-order valence-corrected chi connectivity index (χ0v) is 38.3. The van der Waals surface area contributed by atoms with Gasteiger partial charge in [0, 0.05) is 62.3 Å². The van der Waals surface area contributed by atoms with Crippen LogP contribution in [0.1, 0.15) is 83.3 Å². The third-order valence-electron chi connectivity index (χ3n) is 12.8. The number of pyridine rings is 1. The highest BCUT2D eigenvalue weighted by Gasteiger charge is 2.39. The van der Waals surface area contributed by atoms with E-state index < -0.39 is 15.1 Å². The summed E-state index contributed by atoms with van der Waals surface area (Å²) in [6, 6.07) is 16.5. The molecule has 2 aromatic heterocycles. The Balaban J connectivity index is 0.834. The van der Waals surface area contributed by atoms with Crippen molar-refractivity contribution in [3.63, 3.8) is 0 Å². The average Bonchev–Trinajstić information content (AvgIpc) is 3.24. The van der Waals surface area contributed by atoms with Gasteiger partial charge in [0.25, 0.3) is 0 Å². The SMILES string of the molecule is Cc1cc(Nc2ncc(Cl)c(Nc3ncccc3S(=O)(=O)C(C)C)n2)c(OC(C)C)cc1C1CCN(C2CN(C3CCN(c4ccc(NC5CCC(=O)NC5=O)cc4)CC3)C2)CC1. The van der Waals surface area contributed by atoms with Gasteiger partial charge < -0.3 is 25.6 Å². The summed E-state index contributed by atoms with van der Waals surface area (Å²) in [4.78, 5) is 44.9. The predicted molar refractivity (Wildman–Crippen MR) is 247 cm³/mol. The van der Waals surface area contributed by atoms with Gasteiger partial charge in [-0.05, 0) is 145 Å². The number of aromatic nitrogens is 3. The van der Waals surface area contributed by atoms with Crippen LogP contribution in [0.25, 0.3) is 0 Å². The number of amides is 2. The van der Waals surface area contributed by atoms with E-state index in [1.54, 1.807) is 19.9 Å². The Morgan fingerprint density at radius 3 is 2.27 bits per heavy atom. The van der Waals surface area contributed by atoms with Crippen LogP contribution in [0.4, 0.5) is 34.6 Å². The molecule has 0 saturated carbocycles. The van der Waals surface area contributed by atoms with E-state index in [1.165, 1.54) is 29.7 Å². The molecule has 4 aliphatic rings. The van der Waals surface area contributed by atoms with Crippen LogP contribution in [-0.2, 0) is 19.4 Å². The standard InChI is InChI=1S/C46H59ClN10O5S/c1-28(2)62-40-24-36(30(5)23-39(40)51-46-49-25-37(47)43(54-46)53-44-41(7-6-18-48-44)63(60,61)29(3)4)31-14-19-56(20-15-31)35-26-57(27-35)34-16-21-55(22-17-34)33-10-8-32(9-11-33)50-38-12-13-42(58)52-45(38)59/h6-11,18,23-25,28-29,31,34-35,38,50H,12-17,19-22,26-27H2,1-5H3,(H,52,58,59)(H2,48,49,51,53,54). The van der Waals surface area contributed by atoms with Gasteiger partial charge in [-0.1, -0.05) is 11.6 Å². The van der Waals surface area contributed by atoms with E-state index in [1.807, 2.05) is 26.0 Å². The Bertz CT molecular complexity index is 2400. The van der Waals surface area contributed by atoms with E-state index in [0.29, 0.717) is 30.8 Å². The molecule has 2 aromatic carbocycles. The number of nitrogens with one attached hydrogen (secondary N) is 4. The van der Waals surface area contributed by atoms with Crippen LogP contribution in [0.15, 0.2) is 65.8 Å². The number of rotatable bonds is 14. The zero-order valence-electron chi connectivity index (χ0n) is 36.7. The van der Waals surface area contributed by atoms with Crippen LogP contribution < -0.4 is 30.9 Å². The number of likely N-dealkylation sites (tertiary alicyclic amines) is 2. The van der Waals surface area contributed by atoms with E-state index in [0.717, 1.165) is 87.6 Å². The van der Waals surface area contributed by atoms with E-state index in [9.17, 15) is 18.0 Å². The number of nitrogens with zero attached hydrogens (tertiary/aromatic N) is 6. The van der Waals surface area contributed by atoms with E-state index in [4.69, 9.17) is 16.3 Å². The number of ether oxygens (including phenoxy) is 1. The fourth-order valence-electron chi connectivity index (χ4n) is 9.19. The zero-order chi connectivity index (χ0) is 44.4. The van der Waals surface area contributed by atoms with E-state index in [2.05, 4.69) is 82.1 Å². The van der Waals surface area contributed by atoms with Crippen molar-refractivity contribution in [3.05, 3.63) is 77.1 Å². The van der Waals surface area contributed by atoms with Crippen LogP contribution in [-0.4, -0.2) is 114 Å². The Labute approximate surface area is 375 Å². The van der Waals surface area contributed by atoms with Crippen molar-refractivity contribution >= 4 is 67.9 Å². The number of anilines is 6. The van der Waals surface area contributed by atoms with Crippen LogP contribution in [0.2, 0.25) is 5.02 Å². The number of imide groups is 1. The number of benzene rings is 2. The molecule has 63 heavy (non-hydrogen) atoms. The Morgan fingerprint density at radius 1 is 0.857 bits per heavy atom. The van der Waals surface area contributed by atoms with Crippen molar-refractivity contribution in [2.45, 2.75) is 113 Å². The van der Waals surface area contributed by atoms with Crippen molar-refractivity contribution in [2.75, 3.05) is 60.1 Å². The minimum atomic E-state index is -3.62. The largest absolute Gasteiger partial charge is 0.489 e. The quantitative estimate of drug-likeness (QED) is 0.0950. The lowest BCUT2D eigenvalue weighted by Crippen LogP contribution is -2.64. The van der Waals surface area contributed by atoms with Crippen LogP contribution in [0.3, 0.4) is 0 Å².